The molecule has 0 fully saturated rings. The highest BCUT2D eigenvalue weighted by Gasteiger charge is 2.19. The molecule has 0 aliphatic rings. The highest BCUT2D eigenvalue weighted by Crippen LogP contribution is 2.26. The van der Waals surface area contributed by atoms with Crippen LogP contribution in [0.1, 0.15) is 31.7 Å². The van der Waals surface area contributed by atoms with Crippen LogP contribution in [0.25, 0.3) is 0 Å². The Morgan fingerprint density at radius 1 is 1.36 bits per heavy atom. The molecule has 0 bridgehead atoms. The molecular weight excluding hydrogens is 172 g/mol. The van der Waals surface area contributed by atoms with Crippen molar-refractivity contribution >= 4 is 0 Å². The van der Waals surface area contributed by atoms with Crippen LogP contribution < -0.4 is 0 Å². The molecule has 0 heterocycles. The van der Waals surface area contributed by atoms with Crippen molar-refractivity contribution in [3.8, 4) is 0 Å². The van der Waals surface area contributed by atoms with Crippen molar-refractivity contribution < 1.29 is 5.11 Å². The Morgan fingerprint density at radius 2 is 1.93 bits per heavy atom. The van der Waals surface area contributed by atoms with Crippen LogP contribution in [0.5, 0.6) is 0 Å². The van der Waals surface area contributed by atoms with Gasteiger partial charge < -0.3 is 5.11 Å². The van der Waals surface area contributed by atoms with Crippen LogP contribution in [0.15, 0.2) is 42.5 Å². The first-order chi connectivity index (χ1) is 6.66. The maximum absolute atomic E-state index is 9.94. The van der Waals surface area contributed by atoms with Crippen molar-refractivity contribution in [1.29, 1.82) is 0 Å². The number of rotatable bonds is 4. The largest absolute Gasteiger partial charge is 0.388 e. The second kappa shape index (κ2) is 4.97. The molecular formula is C13H18O. The molecule has 0 amide bonds. The molecule has 1 N–H and O–H groups in total. The van der Waals surface area contributed by atoms with E-state index >= 15 is 0 Å². The Labute approximate surface area is 86.1 Å². The summed E-state index contributed by atoms with van der Waals surface area (Å²) in [6.45, 7) is 7.76. The first-order valence-electron chi connectivity index (χ1n) is 5.05. The highest BCUT2D eigenvalue weighted by molar-refractivity contribution is 5.23. The Hall–Kier alpha value is -1.08. The summed E-state index contributed by atoms with van der Waals surface area (Å²) in [5, 5.41) is 9.94. The second-order valence-corrected chi connectivity index (χ2v) is 3.72. The van der Waals surface area contributed by atoms with Crippen molar-refractivity contribution in [3.63, 3.8) is 0 Å². The van der Waals surface area contributed by atoms with Gasteiger partial charge in [-0.1, -0.05) is 49.4 Å². The lowest BCUT2D eigenvalue weighted by Crippen LogP contribution is -2.18. The molecule has 0 saturated heterocycles. The summed E-state index contributed by atoms with van der Waals surface area (Å²) >= 11 is 0. The zero-order valence-electron chi connectivity index (χ0n) is 8.90. The van der Waals surface area contributed by atoms with Gasteiger partial charge in [-0.05, 0) is 18.9 Å². The summed E-state index contributed by atoms with van der Waals surface area (Å²) in [5.41, 5.74) is 2.02. The average Bonchev–Trinajstić information content (AvgIpc) is 2.20. The molecule has 1 rings (SSSR count). The van der Waals surface area contributed by atoms with Gasteiger partial charge in [0, 0.05) is 5.92 Å². The predicted octanol–water partition coefficient (Wildman–Crippen LogP) is 3.12. The molecule has 2 atom stereocenters. The molecule has 0 saturated carbocycles. The van der Waals surface area contributed by atoms with Gasteiger partial charge in [-0.25, -0.2) is 0 Å². The minimum Gasteiger partial charge on any atom is -0.388 e. The van der Waals surface area contributed by atoms with Crippen LogP contribution in [-0.4, -0.2) is 11.2 Å². The van der Waals surface area contributed by atoms with Gasteiger partial charge in [-0.15, -0.1) is 0 Å². The predicted molar refractivity (Wildman–Crippen MR) is 60.3 cm³/mol. The highest BCUT2D eigenvalue weighted by atomic mass is 16.3. The standard InChI is InChI=1S/C13H18O/c1-4-12(13(14)10(2)3)11-8-6-5-7-9-11/h5-9,12-14H,2,4H2,1,3H3. The molecule has 1 nitrogen and oxygen atoms in total. The SMILES string of the molecule is C=C(C)C(O)C(CC)c1ccccc1. The van der Waals surface area contributed by atoms with E-state index in [1.54, 1.807) is 0 Å². The Kier molecular flexibility index (Phi) is 3.90. The van der Waals surface area contributed by atoms with Crippen LogP contribution in [-0.2, 0) is 0 Å². The van der Waals surface area contributed by atoms with Crippen LogP contribution >= 0.6 is 0 Å². The lowest BCUT2D eigenvalue weighted by Gasteiger charge is -2.22. The third kappa shape index (κ3) is 2.46. The number of aliphatic hydroxyl groups excluding tert-OH is 1. The molecule has 1 aromatic rings. The Morgan fingerprint density at radius 3 is 2.36 bits per heavy atom. The van der Waals surface area contributed by atoms with E-state index in [0.29, 0.717) is 0 Å². The van der Waals surface area contributed by atoms with E-state index < -0.39 is 6.10 Å². The third-order valence-corrected chi connectivity index (χ3v) is 2.55. The third-order valence-electron chi connectivity index (χ3n) is 2.55. The fraction of sp³-hybridized carbons (Fsp3) is 0.385. The van der Waals surface area contributed by atoms with Gasteiger partial charge in [0.15, 0.2) is 0 Å². The normalized spacial score (nSPS) is 14.8. The maximum atomic E-state index is 9.94. The van der Waals surface area contributed by atoms with E-state index in [-0.39, 0.29) is 5.92 Å². The van der Waals surface area contributed by atoms with Crippen LogP contribution in [0.4, 0.5) is 0 Å². The first-order valence-corrected chi connectivity index (χ1v) is 5.05. The lowest BCUT2D eigenvalue weighted by atomic mass is 9.88. The van der Waals surface area contributed by atoms with Crippen molar-refractivity contribution in [2.45, 2.75) is 32.3 Å². The number of hydrogen-bond donors (Lipinski definition) is 1. The van der Waals surface area contributed by atoms with Crippen LogP contribution in [0, 0.1) is 0 Å². The Balaban J connectivity index is 2.87. The Bertz CT molecular complexity index is 289. The maximum Gasteiger partial charge on any atom is 0.0813 e. The minimum absolute atomic E-state index is 0.175. The van der Waals surface area contributed by atoms with Crippen LogP contribution in [0.3, 0.4) is 0 Å². The van der Waals surface area contributed by atoms with E-state index in [4.69, 9.17) is 0 Å². The average molecular weight is 190 g/mol. The fourth-order valence-corrected chi connectivity index (χ4v) is 1.68. The zero-order chi connectivity index (χ0) is 10.6. The molecule has 0 aliphatic heterocycles. The molecule has 14 heavy (non-hydrogen) atoms. The van der Waals surface area contributed by atoms with E-state index in [0.717, 1.165) is 12.0 Å². The molecule has 0 radical (unpaired) electrons. The quantitative estimate of drug-likeness (QED) is 0.723. The first kappa shape index (κ1) is 11.0. The second-order valence-electron chi connectivity index (χ2n) is 3.72. The van der Waals surface area contributed by atoms with E-state index in [1.165, 1.54) is 5.56 Å². The zero-order valence-corrected chi connectivity index (χ0v) is 8.90. The summed E-state index contributed by atoms with van der Waals surface area (Å²) in [5.74, 6) is 0.175. The van der Waals surface area contributed by atoms with Gasteiger partial charge in [0.05, 0.1) is 6.10 Å². The molecule has 0 aliphatic carbocycles. The summed E-state index contributed by atoms with van der Waals surface area (Å²) in [6.07, 6.45) is 0.500. The minimum atomic E-state index is -0.428. The lowest BCUT2D eigenvalue weighted by molar-refractivity contribution is 0.176. The smallest absolute Gasteiger partial charge is 0.0813 e. The van der Waals surface area contributed by atoms with Crippen LogP contribution in [0.2, 0.25) is 0 Å². The van der Waals surface area contributed by atoms with Gasteiger partial charge in [-0.2, -0.15) is 0 Å². The van der Waals surface area contributed by atoms with E-state index in [9.17, 15) is 5.11 Å². The molecule has 0 aromatic heterocycles. The summed E-state index contributed by atoms with van der Waals surface area (Å²) in [7, 11) is 0. The van der Waals surface area contributed by atoms with Gasteiger partial charge in [0.1, 0.15) is 0 Å². The number of benzene rings is 1. The van der Waals surface area contributed by atoms with Crippen molar-refractivity contribution in [1.82, 2.24) is 0 Å². The summed E-state index contributed by atoms with van der Waals surface area (Å²) in [6, 6.07) is 10.1. The molecule has 0 spiro atoms. The summed E-state index contributed by atoms with van der Waals surface area (Å²) < 4.78 is 0. The topological polar surface area (TPSA) is 20.2 Å². The van der Waals surface area contributed by atoms with Crippen molar-refractivity contribution in [2.75, 3.05) is 0 Å². The van der Waals surface area contributed by atoms with Gasteiger partial charge in [0.2, 0.25) is 0 Å². The molecule has 1 heteroatoms. The molecule has 2 unspecified atom stereocenters. The number of aliphatic hydroxyl groups is 1. The van der Waals surface area contributed by atoms with Gasteiger partial charge in [-0.3, -0.25) is 0 Å². The van der Waals surface area contributed by atoms with Crippen molar-refractivity contribution in [2.24, 2.45) is 0 Å². The van der Waals surface area contributed by atoms with E-state index in [1.807, 2.05) is 25.1 Å². The fourth-order valence-electron chi connectivity index (χ4n) is 1.68. The van der Waals surface area contributed by atoms with E-state index in [2.05, 4.69) is 25.6 Å². The molecule has 76 valence electrons. The van der Waals surface area contributed by atoms with Gasteiger partial charge >= 0.3 is 0 Å². The van der Waals surface area contributed by atoms with Crippen molar-refractivity contribution in [3.05, 3.63) is 48.0 Å². The monoisotopic (exact) mass is 190 g/mol. The molecule has 1 aromatic carbocycles. The van der Waals surface area contributed by atoms with Gasteiger partial charge in [0.25, 0.3) is 0 Å². The number of hydrogen-bond acceptors (Lipinski definition) is 1. The summed E-state index contributed by atoms with van der Waals surface area (Å²) in [4.78, 5) is 0.